The number of carbonyl (C=O) groups excluding carboxylic acids is 1. The summed E-state index contributed by atoms with van der Waals surface area (Å²) in [5.74, 6) is -1.49. The molecule has 0 radical (unpaired) electrons. The van der Waals surface area contributed by atoms with E-state index in [0.29, 0.717) is 27.7 Å². The first-order valence-electron chi connectivity index (χ1n) is 13.5. The van der Waals surface area contributed by atoms with Crippen LogP contribution in [-0.4, -0.2) is 35.0 Å². The molecule has 41 heavy (non-hydrogen) atoms. The molecule has 1 N–H and O–H groups in total. The van der Waals surface area contributed by atoms with Crippen molar-refractivity contribution in [2.75, 3.05) is 13.1 Å². The summed E-state index contributed by atoms with van der Waals surface area (Å²) in [6, 6.07) is 17.1. The fourth-order valence-corrected chi connectivity index (χ4v) is 6.04. The normalized spacial score (nSPS) is 15.0. The number of halogens is 1. The standard InChI is InChI=1S/C33H28FNO6/c1-19-24-16-26-27(21-8-10-23(34)11-9-21)18-40-29(26)20(2)30(24)41-31(37)25(19)17-28(36)35-14-12-33(13-15-35,32(38)39)22-6-4-3-5-7-22/h3-11,16,18H,12-15,17H2,1-2H3,(H,38,39). The minimum absolute atomic E-state index is 0.150. The highest BCUT2D eigenvalue weighted by molar-refractivity contribution is 6.05. The number of hydrogen-bond donors (Lipinski definition) is 1. The molecule has 3 aromatic carbocycles. The minimum atomic E-state index is -1.05. The maximum atomic E-state index is 13.5. The molecule has 0 saturated carbocycles. The molecule has 2 aromatic heterocycles. The fraction of sp³-hybridized carbons (Fsp3) is 0.242. The lowest BCUT2D eigenvalue weighted by Gasteiger charge is -2.39. The van der Waals surface area contributed by atoms with Crippen molar-refractivity contribution in [3.8, 4) is 11.1 Å². The highest BCUT2D eigenvalue weighted by atomic mass is 19.1. The van der Waals surface area contributed by atoms with Crippen molar-refractivity contribution in [3.05, 3.63) is 105 Å². The molecule has 3 heterocycles. The van der Waals surface area contributed by atoms with Crippen LogP contribution in [0.1, 0.15) is 35.1 Å². The summed E-state index contributed by atoms with van der Waals surface area (Å²) in [5.41, 5.74) is 3.18. The lowest BCUT2D eigenvalue weighted by atomic mass is 9.73. The third kappa shape index (κ3) is 4.40. The molecule has 7 nitrogen and oxygen atoms in total. The van der Waals surface area contributed by atoms with E-state index in [1.807, 2.05) is 43.3 Å². The van der Waals surface area contributed by atoms with E-state index in [1.165, 1.54) is 12.1 Å². The summed E-state index contributed by atoms with van der Waals surface area (Å²) >= 11 is 0. The first-order chi connectivity index (χ1) is 19.7. The van der Waals surface area contributed by atoms with Gasteiger partial charge in [-0.2, -0.15) is 0 Å². The van der Waals surface area contributed by atoms with E-state index >= 15 is 0 Å². The molecule has 0 spiro atoms. The molecule has 1 amide bonds. The molecule has 1 aliphatic rings. The number of benzene rings is 3. The van der Waals surface area contributed by atoms with Gasteiger partial charge in [-0.1, -0.05) is 42.5 Å². The topological polar surface area (TPSA) is 101 Å². The van der Waals surface area contributed by atoms with Crippen LogP contribution in [-0.2, 0) is 21.4 Å². The van der Waals surface area contributed by atoms with E-state index in [-0.39, 0.29) is 49.6 Å². The van der Waals surface area contributed by atoms with Crippen molar-refractivity contribution < 1.29 is 27.9 Å². The summed E-state index contributed by atoms with van der Waals surface area (Å²) in [5, 5.41) is 11.6. The fourth-order valence-electron chi connectivity index (χ4n) is 6.04. The Morgan fingerprint density at radius 1 is 0.951 bits per heavy atom. The van der Waals surface area contributed by atoms with E-state index in [4.69, 9.17) is 8.83 Å². The molecule has 208 valence electrons. The van der Waals surface area contributed by atoms with Gasteiger partial charge < -0.3 is 18.8 Å². The molecule has 6 rings (SSSR count). The first-order valence-corrected chi connectivity index (χ1v) is 13.5. The van der Waals surface area contributed by atoms with Gasteiger partial charge in [-0.15, -0.1) is 0 Å². The number of carboxylic acid groups (broad SMARTS) is 1. The number of nitrogens with zero attached hydrogens (tertiary/aromatic N) is 1. The lowest BCUT2D eigenvalue weighted by Crippen LogP contribution is -2.49. The average molecular weight is 554 g/mol. The second-order valence-corrected chi connectivity index (χ2v) is 10.7. The van der Waals surface area contributed by atoms with Gasteiger partial charge >= 0.3 is 11.6 Å². The van der Waals surface area contributed by atoms with E-state index in [0.717, 1.165) is 22.1 Å². The zero-order chi connectivity index (χ0) is 28.9. The van der Waals surface area contributed by atoms with Crippen LogP contribution >= 0.6 is 0 Å². The monoisotopic (exact) mass is 553 g/mol. The van der Waals surface area contributed by atoms with Gasteiger partial charge in [-0.05, 0) is 61.6 Å². The second kappa shape index (κ2) is 10.0. The summed E-state index contributed by atoms with van der Waals surface area (Å²) in [6.07, 6.45) is 2.02. The largest absolute Gasteiger partial charge is 0.481 e. The highest BCUT2D eigenvalue weighted by Crippen LogP contribution is 2.38. The number of fused-ring (bicyclic) bond motifs is 2. The minimum Gasteiger partial charge on any atom is -0.481 e. The molecule has 0 aliphatic carbocycles. The third-order valence-corrected chi connectivity index (χ3v) is 8.53. The Hall–Kier alpha value is -4.72. The van der Waals surface area contributed by atoms with Crippen molar-refractivity contribution in [3.63, 3.8) is 0 Å². The van der Waals surface area contributed by atoms with Gasteiger partial charge in [0, 0.05) is 35.0 Å². The quantitative estimate of drug-likeness (QED) is 0.262. The molecule has 5 aromatic rings. The number of hydrogen-bond acceptors (Lipinski definition) is 5. The van der Waals surface area contributed by atoms with Gasteiger partial charge in [0.25, 0.3) is 0 Å². The Morgan fingerprint density at radius 2 is 1.63 bits per heavy atom. The number of amides is 1. The first kappa shape index (κ1) is 26.5. The van der Waals surface area contributed by atoms with Gasteiger partial charge in [0.2, 0.25) is 5.91 Å². The van der Waals surface area contributed by atoms with Crippen LogP contribution in [0.2, 0.25) is 0 Å². The Balaban J connectivity index is 1.31. The Morgan fingerprint density at radius 3 is 2.29 bits per heavy atom. The van der Waals surface area contributed by atoms with Crippen molar-refractivity contribution in [2.24, 2.45) is 0 Å². The summed E-state index contributed by atoms with van der Waals surface area (Å²) in [7, 11) is 0. The maximum Gasteiger partial charge on any atom is 0.340 e. The van der Waals surface area contributed by atoms with Crippen LogP contribution < -0.4 is 5.63 Å². The third-order valence-electron chi connectivity index (χ3n) is 8.53. The molecule has 1 fully saturated rings. The van der Waals surface area contributed by atoms with Gasteiger partial charge in [0.05, 0.1) is 23.7 Å². The number of furan rings is 1. The van der Waals surface area contributed by atoms with Crippen molar-refractivity contribution in [1.29, 1.82) is 0 Å². The Labute approximate surface area is 234 Å². The smallest absolute Gasteiger partial charge is 0.340 e. The molecular weight excluding hydrogens is 525 g/mol. The lowest BCUT2D eigenvalue weighted by molar-refractivity contribution is -0.148. The Kier molecular flexibility index (Phi) is 6.49. The molecule has 0 atom stereocenters. The van der Waals surface area contributed by atoms with E-state index in [9.17, 15) is 23.9 Å². The number of aliphatic carboxylic acids is 1. The molecular formula is C33H28FNO6. The maximum absolute atomic E-state index is 13.5. The SMILES string of the molecule is Cc1c(CC(=O)N2CCC(C(=O)O)(c3ccccc3)CC2)c(=O)oc2c(C)c3occ(-c4ccc(F)cc4)c3cc12. The van der Waals surface area contributed by atoms with Crippen LogP contribution in [0.15, 0.2) is 80.6 Å². The molecule has 1 aliphatic heterocycles. The zero-order valence-electron chi connectivity index (χ0n) is 22.7. The van der Waals surface area contributed by atoms with E-state index in [1.54, 1.807) is 30.2 Å². The van der Waals surface area contributed by atoms with Gasteiger partial charge in [0.15, 0.2) is 0 Å². The van der Waals surface area contributed by atoms with Crippen LogP contribution in [0.4, 0.5) is 4.39 Å². The van der Waals surface area contributed by atoms with Crippen molar-refractivity contribution in [1.82, 2.24) is 4.90 Å². The summed E-state index contributed by atoms with van der Waals surface area (Å²) in [4.78, 5) is 40.4. The van der Waals surface area contributed by atoms with E-state index in [2.05, 4.69) is 0 Å². The van der Waals surface area contributed by atoms with Gasteiger partial charge in [0.1, 0.15) is 17.0 Å². The molecule has 0 bridgehead atoms. The van der Waals surface area contributed by atoms with Gasteiger partial charge in [-0.3, -0.25) is 9.59 Å². The number of aryl methyl sites for hydroxylation is 2. The Bertz CT molecular complexity index is 1860. The van der Waals surface area contributed by atoms with Crippen molar-refractivity contribution in [2.45, 2.75) is 38.5 Å². The van der Waals surface area contributed by atoms with Crippen LogP contribution in [0.25, 0.3) is 33.1 Å². The van der Waals surface area contributed by atoms with Gasteiger partial charge in [-0.25, -0.2) is 9.18 Å². The number of piperidine rings is 1. The molecule has 8 heteroatoms. The number of rotatable bonds is 5. The zero-order valence-corrected chi connectivity index (χ0v) is 22.7. The number of carboxylic acids is 1. The van der Waals surface area contributed by atoms with E-state index < -0.39 is 17.0 Å². The number of carbonyl (C=O) groups is 2. The van der Waals surface area contributed by atoms with Crippen LogP contribution in [0, 0.1) is 19.7 Å². The predicted octanol–water partition coefficient (Wildman–Crippen LogP) is 6.15. The molecule has 0 unspecified atom stereocenters. The molecule has 1 saturated heterocycles. The van der Waals surface area contributed by atoms with Crippen LogP contribution in [0.3, 0.4) is 0 Å². The second-order valence-electron chi connectivity index (χ2n) is 10.7. The van der Waals surface area contributed by atoms with Crippen molar-refractivity contribution >= 4 is 33.8 Å². The summed E-state index contributed by atoms with van der Waals surface area (Å²) in [6.45, 7) is 4.15. The van der Waals surface area contributed by atoms with Crippen LogP contribution in [0.5, 0.6) is 0 Å². The predicted molar refractivity (Wildman–Crippen MR) is 152 cm³/mol. The highest BCUT2D eigenvalue weighted by Gasteiger charge is 2.43. The summed E-state index contributed by atoms with van der Waals surface area (Å²) < 4.78 is 25.1. The average Bonchev–Trinajstić information content (AvgIpc) is 3.41. The number of likely N-dealkylation sites (tertiary alicyclic amines) is 1.